The van der Waals surface area contributed by atoms with Crippen molar-refractivity contribution >= 4 is 39.9 Å². The zero-order chi connectivity index (χ0) is 27.2. The molecule has 1 saturated heterocycles. The number of carbonyl (C=O) groups excluding carboxylic acids is 1. The topological polar surface area (TPSA) is 67.2 Å². The molecule has 1 aromatic heterocycles. The molecule has 1 N–H and O–H groups in total. The second kappa shape index (κ2) is 12.5. The van der Waals surface area contributed by atoms with Gasteiger partial charge in [-0.15, -0.1) is 0 Å². The Hall–Kier alpha value is -3.58. The van der Waals surface area contributed by atoms with E-state index in [2.05, 4.69) is 23.2 Å². The van der Waals surface area contributed by atoms with Gasteiger partial charge in [0.1, 0.15) is 0 Å². The first kappa shape index (κ1) is 27.0. The fourth-order valence-corrected chi connectivity index (χ4v) is 6.04. The molecule has 0 aliphatic carbocycles. The average molecular weight is 541 g/mol. The third-order valence-corrected chi connectivity index (χ3v) is 8.70. The number of hydrogen-bond acceptors (Lipinski definition) is 5. The molecular weight excluding hydrogens is 504 g/mol. The summed E-state index contributed by atoms with van der Waals surface area (Å²) < 4.78 is 1.73. The van der Waals surface area contributed by atoms with Crippen molar-refractivity contribution in [2.24, 2.45) is 0 Å². The molecule has 2 heterocycles. The predicted octanol–water partition coefficient (Wildman–Crippen LogP) is 6.51. The van der Waals surface area contributed by atoms with Crippen LogP contribution < -0.4 is 15.8 Å². The van der Waals surface area contributed by atoms with Gasteiger partial charge in [-0.1, -0.05) is 68.1 Å². The van der Waals surface area contributed by atoms with Crippen LogP contribution in [0.4, 0.5) is 11.4 Å². The van der Waals surface area contributed by atoms with Gasteiger partial charge in [-0.05, 0) is 73.6 Å². The Morgan fingerprint density at radius 2 is 1.69 bits per heavy atom. The number of aromatic nitrogens is 2. The minimum absolute atomic E-state index is 0.0735. The number of hydrogen-bond donors (Lipinski definition) is 1. The third kappa shape index (κ3) is 6.36. The molecule has 0 saturated carbocycles. The number of anilines is 2. The molecule has 1 amide bonds. The van der Waals surface area contributed by atoms with Crippen molar-refractivity contribution in [2.75, 3.05) is 23.3 Å². The van der Waals surface area contributed by atoms with Gasteiger partial charge in [-0.3, -0.25) is 14.2 Å². The molecule has 202 valence electrons. The van der Waals surface area contributed by atoms with Crippen LogP contribution in [0.15, 0.2) is 82.7 Å². The molecule has 5 rings (SSSR count). The van der Waals surface area contributed by atoms with Crippen molar-refractivity contribution in [3.8, 4) is 0 Å². The van der Waals surface area contributed by atoms with Crippen LogP contribution in [0.2, 0.25) is 0 Å². The van der Waals surface area contributed by atoms with Crippen LogP contribution in [0, 0.1) is 0 Å². The van der Waals surface area contributed by atoms with Gasteiger partial charge < -0.3 is 10.2 Å². The summed E-state index contributed by atoms with van der Waals surface area (Å²) in [6.45, 7) is 6.52. The van der Waals surface area contributed by atoms with Crippen molar-refractivity contribution in [1.29, 1.82) is 0 Å². The zero-order valence-corrected chi connectivity index (χ0v) is 23.5. The number of amides is 1. The van der Waals surface area contributed by atoms with E-state index in [0.717, 1.165) is 36.4 Å². The number of benzene rings is 3. The van der Waals surface area contributed by atoms with Gasteiger partial charge in [0.2, 0.25) is 5.91 Å². The Morgan fingerprint density at radius 3 is 2.38 bits per heavy atom. The molecule has 0 unspecified atom stereocenters. The molecule has 1 aliphatic heterocycles. The molecule has 1 aliphatic rings. The summed E-state index contributed by atoms with van der Waals surface area (Å²) in [5.74, 6) is -0.0900. The Kier molecular flexibility index (Phi) is 8.67. The zero-order valence-electron chi connectivity index (χ0n) is 22.7. The molecule has 7 heteroatoms. The van der Waals surface area contributed by atoms with E-state index in [4.69, 9.17) is 4.98 Å². The lowest BCUT2D eigenvalue weighted by atomic mass is 10.1. The van der Waals surface area contributed by atoms with Crippen molar-refractivity contribution in [1.82, 2.24) is 9.55 Å². The van der Waals surface area contributed by atoms with Crippen LogP contribution in [-0.4, -0.2) is 33.8 Å². The first-order valence-electron chi connectivity index (χ1n) is 14.0. The fraction of sp³-hybridized carbons (Fsp3) is 0.344. The van der Waals surface area contributed by atoms with Crippen molar-refractivity contribution < 1.29 is 4.79 Å². The van der Waals surface area contributed by atoms with Gasteiger partial charge in [-0.2, -0.15) is 0 Å². The second-order valence-electron chi connectivity index (χ2n) is 10.1. The number of rotatable bonds is 9. The van der Waals surface area contributed by atoms with Crippen LogP contribution in [0.25, 0.3) is 10.9 Å². The number of nitrogens with zero attached hydrogens (tertiary/aromatic N) is 3. The summed E-state index contributed by atoms with van der Waals surface area (Å²) in [5.41, 5.74) is 4.68. The summed E-state index contributed by atoms with van der Waals surface area (Å²) >= 11 is 1.36. The summed E-state index contributed by atoms with van der Waals surface area (Å²) in [6.07, 6.45) is 5.16. The molecular formula is C32H36N4O2S. The lowest BCUT2D eigenvalue weighted by molar-refractivity contribution is -0.115. The number of aryl methyl sites for hydroxylation is 1. The normalized spacial score (nSPS) is 14.4. The van der Waals surface area contributed by atoms with Gasteiger partial charge in [0.25, 0.3) is 5.56 Å². The molecule has 0 radical (unpaired) electrons. The molecule has 39 heavy (non-hydrogen) atoms. The van der Waals surface area contributed by atoms with Gasteiger partial charge in [0.05, 0.1) is 22.7 Å². The van der Waals surface area contributed by atoms with Crippen LogP contribution in [-0.2, 0) is 17.8 Å². The monoisotopic (exact) mass is 540 g/mol. The number of piperidine rings is 1. The smallest absolute Gasteiger partial charge is 0.262 e. The van der Waals surface area contributed by atoms with Gasteiger partial charge in [-0.25, -0.2) is 4.98 Å². The van der Waals surface area contributed by atoms with Crippen molar-refractivity contribution in [2.45, 2.75) is 62.9 Å². The first-order chi connectivity index (χ1) is 19.1. The van der Waals surface area contributed by atoms with E-state index in [1.165, 1.54) is 36.6 Å². The largest absolute Gasteiger partial charge is 0.372 e. The van der Waals surface area contributed by atoms with E-state index in [-0.39, 0.29) is 11.5 Å². The van der Waals surface area contributed by atoms with Gasteiger partial charge in [0.15, 0.2) is 5.16 Å². The second-order valence-corrected chi connectivity index (χ2v) is 11.2. The SMILES string of the molecule is CCc1ccc(NC(=O)[C@@H](CC)Sc2nc3ccc(N4CCCCC4)cc3c(=O)n2Cc2ccccc2)cc1. The highest BCUT2D eigenvalue weighted by molar-refractivity contribution is 8.00. The van der Waals surface area contributed by atoms with E-state index in [1.807, 2.05) is 73.7 Å². The molecule has 0 bridgehead atoms. The summed E-state index contributed by atoms with van der Waals surface area (Å²) in [5, 5.41) is 3.83. The maximum Gasteiger partial charge on any atom is 0.262 e. The third-order valence-electron chi connectivity index (χ3n) is 7.35. The van der Waals surface area contributed by atoms with Gasteiger partial charge in [0, 0.05) is 24.5 Å². The highest BCUT2D eigenvalue weighted by Crippen LogP contribution is 2.28. The highest BCUT2D eigenvalue weighted by Gasteiger charge is 2.23. The first-order valence-corrected chi connectivity index (χ1v) is 14.8. The fourth-order valence-electron chi connectivity index (χ4n) is 5.03. The van der Waals surface area contributed by atoms with E-state index in [1.54, 1.807) is 4.57 Å². The van der Waals surface area contributed by atoms with E-state index >= 15 is 0 Å². The van der Waals surface area contributed by atoms with Crippen LogP contribution in [0.1, 0.15) is 50.7 Å². The van der Waals surface area contributed by atoms with Crippen LogP contribution >= 0.6 is 11.8 Å². The Balaban J connectivity index is 1.48. The number of nitrogens with one attached hydrogen (secondary N) is 1. The number of carbonyl (C=O) groups is 1. The molecule has 1 atom stereocenters. The minimum atomic E-state index is -0.394. The Bertz CT molecular complexity index is 1480. The van der Waals surface area contributed by atoms with Crippen LogP contribution in [0.3, 0.4) is 0 Å². The Labute approximate surface area is 234 Å². The maximum atomic E-state index is 14.0. The molecule has 6 nitrogen and oxygen atoms in total. The van der Waals surface area contributed by atoms with E-state index in [0.29, 0.717) is 29.0 Å². The maximum absolute atomic E-state index is 14.0. The average Bonchev–Trinajstić information content (AvgIpc) is 2.99. The van der Waals surface area contributed by atoms with E-state index < -0.39 is 5.25 Å². The summed E-state index contributed by atoms with van der Waals surface area (Å²) in [7, 11) is 0. The molecule has 4 aromatic rings. The highest BCUT2D eigenvalue weighted by atomic mass is 32.2. The molecule has 3 aromatic carbocycles. The van der Waals surface area contributed by atoms with Crippen LogP contribution in [0.5, 0.6) is 0 Å². The Morgan fingerprint density at radius 1 is 0.949 bits per heavy atom. The van der Waals surface area contributed by atoms with E-state index in [9.17, 15) is 9.59 Å². The molecule has 1 fully saturated rings. The number of fused-ring (bicyclic) bond motifs is 1. The van der Waals surface area contributed by atoms with Gasteiger partial charge >= 0.3 is 0 Å². The summed E-state index contributed by atoms with van der Waals surface area (Å²) in [6, 6.07) is 23.9. The predicted molar refractivity (Wildman–Crippen MR) is 162 cm³/mol. The minimum Gasteiger partial charge on any atom is -0.372 e. The number of thioether (sulfide) groups is 1. The van der Waals surface area contributed by atoms with Crippen molar-refractivity contribution in [3.63, 3.8) is 0 Å². The lowest BCUT2D eigenvalue weighted by Gasteiger charge is -2.29. The lowest BCUT2D eigenvalue weighted by Crippen LogP contribution is -2.30. The standard InChI is InChI=1S/C32H36N4O2S/c1-3-23-13-15-25(16-14-23)33-30(37)29(4-2)39-32-34-28-18-17-26(35-19-9-6-10-20-35)21-27(28)31(38)36(32)22-24-11-7-5-8-12-24/h5,7-8,11-18,21,29H,3-4,6,9-10,19-20,22H2,1-2H3,(H,33,37)/t29-/m1/s1. The molecule has 0 spiro atoms. The van der Waals surface area contributed by atoms with Crippen molar-refractivity contribution in [3.05, 3.63) is 94.3 Å². The quantitative estimate of drug-likeness (QED) is 0.194. The summed E-state index contributed by atoms with van der Waals surface area (Å²) in [4.78, 5) is 34.6.